The number of alkyl halides is 3. The number of aromatic nitrogens is 5. The number of amides is 1. The number of hydrogen-bond acceptors (Lipinski definition) is 6. The molecule has 1 amide bonds. The lowest BCUT2D eigenvalue weighted by Gasteiger charge is -2.31. The molecule has 3 aromatic rings. The minimum absolute atomic E-state index is 0.165. The fourth-order valence-electron chi connectivity index (χ4n) is 4.67. The highest BCUT2D eigenvalue weighted by Crippen LogP contribution is 2.32. The molecule has 33 heavy (non-hydrogen) atoms. The van der Waals surface area contributed by atoms with Gasteiger partial charge in [-0.2, -0.15) is 18.3 Å². The molecule has 1 fully saturated rings. The number of carbonyl (C=O) groups is 1. The van der Waals surface area contributed by atoms with Crippen LogP contribution in [0.25, 0.3) is 11.0 Å². The Morgan fingerprint density at radius 3 is 2.85 bits per heavy atom. The number of H-pyrrole nitrogens is 1. The van der Waals surface area contributed by atoms with Gasteiger partial charge in [0.15, 0.2) is 5.69 Å². The first-order chi connectivity index (χ1) is 15.9. The summed E-state index contributed by atoms with van der Waals surface area (Å²) in [6.07, 6.45) is 0.338. The molecule has 5 heterocycles. The summed E-state index contributed by atoms with van der Waals surface area (Å²) in [5.41, 5.74) is 2.67. The fourth-order valence-corrected chi connectivity index (χ4v) is 4.67. The van der Waals surface area contributed by atoms with Crippen molar-refractivity contribution in [2.75, 3.05) is 31.1 Å². The lowest BCUT2D eigenvalue weighted by Crippen LogP contribution is -2.35. The molecule has 3 N–H and O–H groups in total. The van der Waals surface area contributed by atoms with Gasteiger partial charge >= 0.3 is 6.18 Å². The Morgan fingerprint density at radius 1 is 1.24 bits per heavy atom. The van der Waals surface area contributed by atoms with E-state index in [1.165, 1.54) is 6.33 Å². The summed E-state index contributed by atoms with van der Waals surface area (Å²) < 4.78 is 39.7. The molecule has 0 unspecified atom stereocenters. The summed E-state index contributed by atoms with van der Waals surface area (Å²) in [6.45, 7) is 2.35. The Balaban J connectivity index is 1.46. The standard InChI is InChI=1S/C21H25F3N8O/c22-21(23,24)5-9-27-20(33)17-15-11-31(19-14-3-8-26-18(14)28-12-29-19)10-4-16(15)32(30-17)13-1-6-25-7-2-13/h3,8,12-13,25H,1-2,4-7,9-11H2,(H,27,33)(H,26,28,29). The minimum atomic E-state index is -4.33. The lowest BCUT2D eigenvalue weighted by molar-refractivity contribution is -0.133. The summed E-state index contributed by atoms with van der Waals surface area (Å²) in [7, 11) is 0. The van der Waals surface area contributed by atoms with E-state index in [1.54, 1.807) is 6.20 Å². The second-order valence-electron chi connectivity index (χ2n) is 8.43. The second kappa shape index (κ2) is 8.65. The molecule has 0 aliphatic carbocycles. The third kappa shape index (κ3) is 4.39. The van der Waals surface area contributed by atoms with Gasteiger partial charge in [0.2, 0.25) is 0 Å². The van der Waals surface area contributed by atoms with Gasteiger partial charge in [-0.1, -0.05) is 0 Å². The molecular weight excluding hydrogens is 437 g/mol. The van der Waals surface area contributed by atoms with Gasteiger partial charge in [0.05, 0.1) is 17.8 Å². The van der Waals surface area contributed by atoms with Crippen molar-refractivity contribution in [3.63, 3.8) is 0 Å². The summed E-state index contributed by atoms with van der Waals surface area (Å²) >= 11 is 0. The number of anilines is 1. The molecule has 176 valence electrons. The number of fused-ring (bicyclic) bond motifs is 2. The van der Waals surface area contributed by atoms with E-state index in [0.717, 1.165) is 54.0 Å². The second-order valence-corrected chi connectivity index (χ2v) is 8.43. The van der Waals surface area contributed by atoms with Crippen molar-refractivity contribution in [2.45, 2.75) is 44.4 Å². The van der Waals surface area contributed by atoms with E-state index >= 15 is 0 Å². The van der Waals surface area contributed by atoms with Gasteiger partial charge < -0.3 is 20.5 Å². The zero-order chi connectivity index (χ0) is 23.0. The Morgan fingerprint density at radius 2 is 2.06 bits per heavy atom. The Hall–Kier alpha value is -3.15. The average Bonchev–Trinajstić information content (AvgIpc) is 3.43. The van der Waals surface area contributed by atoms with Crippen molar-refractivity contribution in [3.05, 3.63) is 35.5 Å². The zero-order valence-electron chi connectivity index (χ0n) is 18.0. The van der Waals surface area contributed by atoms with Crippen LogP contribution in [0.2, 0.25) is 0 Å². The number of halogens is 3. The Bertz CT molecular complexity index is 1150. The molecule has 12 heteroatoms. The molecule has 9 nitrogen and oxygen atoms in total. The van der Waals surface area contributed by atoms with E-state index in [0.29, 0.717) is 19.5 Å². The summed E-state index contributed by atoms with van der Waals surface area (Å²) in [4.78, 5) is 26.7. The number of nitrogens with one attached hydrogen (secondary N) is 3. The van der Waals surface area contributed by atoms with E-state index in [9.17, 15) is 18.0 Å². The van der Waals surface area contributed by atoms with E-state index in [4.69, 9.17) is 0 Å². The van der Waals surface area contributed by atoms with Gasteiger partial charge in [0.25, 0.3) is 5.91 Å². The molecule has 2 aliphatic rings. The van der Waals surface area contributed by atoms with Gasteiger partial charge in [-0.25, -0.2) is 9.97 Å². The normalized spacial score (nSPS) is 17.4. The predicted octanol–water partition coefficient (Wildman–Crippen LogP) is 2.32. The molecule has 0 radical (unpaired) electrons. The van der Waals surface area contributed by atoms with Crippen molar-refractivity contribution in [1.29, 1.82) is 0 Å². The average molecular weight is 462 g/mol. The van der Waals surface area contributed by atoms with Crippen LogP contribution in [0.4, 0.5) is 19.0 Å². The largest absolute Gasteiger partial charge is 0.390 e. The molecule has 0 spiro atoms. The molecule has 0 saturated carbocycles. The Kier molecular flexibility index (Phi) is 5.69. The zero-order valence-corrected chi connectivity index (χ0v) is 18.0. The highest BCUT2D eigenvalue weighted by molar-refractivity contribution is 5.94. The highest BCUT2D eigenvalue weighted by atomic mass is 19.4. The topological polar surface area (TPSA) is 104 Å². The first-order valence-corrected chi connectivity index (χ1v) is 11.1. The quantitative estimate of drug-likeness (QED) is 0.538. The van der Waals surface area contributed by atoms with Gasteiger partial charge in [0, 0.05) is 43.5 Å². The van der Waals surface area contributed by atoms with Gasteiger partial charge in [-0.15, -0.1) is 0 Å². The molecule has 2 aliphatic heterocycles. The van der Waals surface area contributed by atoms with Crippen LogP contribution in [0.15, 0.2) is 18.6 Å². The highest BCUT2D eigenvalue weighted by Gasteiger charge is 2.33. The van der Waals surface area contributed by atoms with Crippen LogP contribution in [0.1, 0.15) is 47.1 Å². The van der Waals surface area contributed by atoms with Crippen molar-refractivity contribution >= 4 is 22.8 Å². The number of carbonyl (C=O) groups excluding carboxylic acids is 1. The third-order valence-electron chi connectivity index (χ3n) is 6.28. The van der Waals surface area contributed by atoms with Crippen LogP contribution < -0.4 is 15.5 Å². The maximum atomic E-state index is 12.9. The van der Waals surface area contributed by atoms with Crippen molar-refractivity contribution in [2.24, 2.45) is 0 Å². The van der Waals surface area contributed by atoms with E-state index in [2.05, 4.69) is 35.6 Å². The lowest BCUT2D eigenvalue weighted by atomic mass is 10.0. The van der Waals surface area contributed by atoms with Crippen LogP contribution in [0, 0.1) is 0 Å². The molecule has 0 aromatic carbocycles. The fraction of sp³-hybridized carbons (Fsp3) is 0.524. The first kappa shape index (κ1) is 21.7. The molecule has 5 rings (SSSR count). The first-order valence-electron chi connectivity index (χ1n) is 11.1. The molecule has 3 aromatic heterocycles. The van der Waals surface area contributed by atoms with Crippen LogP contribution in [0.3, 0.4) is 0 Å². The van der Waals surface area contributed by atoms with E-state index < -0.39 is 25.0 Å². The summed E-state index contributed by atoms with van der Waals surface area (Å²) in [5.74, 6) is 0.185. The van der Waals surface area contributed by atoms with Crippen molar-refractivity contribution in [1.82, 2.24) is 35.4 Å². The van der Waals surface area contributed by atoms with Gasteiger partial charge in [-0.3, -0.25) is 9.48 Å². The maximum Gasteiger partial charge on any atom is 0.390 e. The molecule has 0 atom stereocenters. The predicted molar refractivity (Wildman–Crippen MR) is 115 cm³/mol. The van der Waals surface area contributed by atoms with Crippen molar-refractivity contribution < 1.29 is 18.0 Å². The maximum absolute atomic E-state index is 12.9. The monoisotopic (exact) mass is 462 g/mol. The number of nitrogens with zero attached hydrogens (tertiary/aromatic N) is 5. The van der Waals surface area contributed by atoms with E-state index in [-0.39, 0.29) is 11.7 Å². The van der Waals surface area contributed by atoms with Crippen LogP contribution in [-0.2, 0) is 13.0 Å². The SMILES string of the molecule is O=C(NCCC(F)(F)F)c1nn(C2CCNCC2)c2c1CN(c1ncnc3[nH]ccc13)CC2. The van der Waals surface area contributed by atoms with Crippen LogP contribution >= 0.6 is 0 Å². The minimum Gasteiger partial charge on any atom is -0.351 e. The summed E-state index contributed by atoms with van der Waals surface area (Å²) in [5, 5.41) is 11.3. The molecule has 0 bridgehead atoms. The third-order valence-corrected chi connectivity index (χ3v) is 6.28. The number of aromatic amines is 1. The smallest absolute Gasteiger partial charge is 0.351 e. The number of hydrogen-bond donors (Lipinski definition) is 3. The van der Waals surface area contributed by atoms with Gasteiger partial charge in [0.1, 0.15) is 17.8 Å². The van der Waals surface area contributed by atoms with Crippen molar-refractivity contribution in [3.8, 4) is 0 Å². The van der Waals surface area contributed by atoms with Crippen LogP contribution in [0.5, 0.6) is 0 Å². The summed E-state index contributed by atoms with van der Waals surface area (Å²) in [6, 6.07) is 2.07. The number of piperidine rings is 1. The molecular formula is C21H25F3N8O. The molecule has 1 saturated heterocycles. The Labute approximate surface area is 187 Å². The number of rotatable bonds is 5. The van der Waals surface area contributed by atoms with Crippen LogP contribution in [-0.4, -0.2) is 63.0 Å². The van der Waals surface area contributed by atoms with Gasteiger partial charge in [-0.05, 0) is 32.0 Å². The van der Waals surface area contributed by atoms with E-state index in [1.807, 2.05) is 10.7 Å².